The molecule has 11 heavy (non-hydrogen) atoms. The predicted molar refractivity (Wildman–Crippen MR) is 47.8 cm³/mol. The predicted octanol–water partition coefficient (Wildman–Crippen LogP) is 2.33. The van der Waals surface area contributed by atoms with Gasteiger partial charge in [-0.3, -0.25) is 0 Å². The highest BCUT2D eigenvalue weighted by molar-refractivity contribution is 6.20. The Labute approximate surface area is 73.1 Å². The van der Waals surface area contributed by atoms with Gasteiger partial charge in [0.15, 0.2) is 0 Å². The Balaban J connectivity index is 2.43. The summed E-state index contributed by atoms with van der Waals surface area (Å²) in [5.41, 5.74) is 0. The number of hydrogen-bond donors (Lipinski definition) is 1. The molecular weight excluding hydrogens is 160 g/mol. The van der Waals surface area contributed by atoms with Crippen LogP contribution in [0.3, 0.4) is 0 Å². The van der Waals surface area contributed by atoms with E-state index in [1.54, 1.807) is 0 Å². The lowest BCUT2D eigenvalue weighted by Crippen LogP contribution is -2.19. The number of rotatable bonds is 1. The number of alkyl halides is 1. The quantitative estimate of drug-likeness (QED) is 0.478. The summed E-state index contributed by atoms with van der Waals surface area (Å²) < 4.78 is 0. The van der Waals surface area contributed by atoms with Gasteiger partial charge in [0.05, 0.1) is 0 Å². The van der Waals surface area contributed by atoms with Crippen molar-refractivity contribution in [2.45, 2.75) is 31.1 Å². The van der Waals surface area contributed by atoms with Crippen molar-refractivity contribution in [3.8, 4) is 0 Å². The summed E-state index contributed by atoms with van der Waals surface area (Å²) in [6.07, 6.45) is 8.53. The lowest BCUT2D eigenvalue weighted by molar-refractivity contribution is 0.211. The first-order chi connectivity index (χ1) is 5.34. The molecule has 2 atom stereocenters. The highest BCUT2D eigenvalue weighted by Gasteiger charge is 2.17. The largest absolute Gasteiger partial charge is 0.396 e. The third kappa shape index (κ3) is 2.84. The third-order valence-electron chi connectivity index (χ3n) is 2.23. The Kier molecular flexibility index (Phi) is 3.95. The summed E-state index contributed by atoms with van der Waals surface area (Å²) in [5, 5.41) is 9.14. The molecule has 0 fully saturated rings. The molecule has 0 aromatic heterocycles. The van der Waals surface area contributed by atoms with Gasteiger partial charge >= 0.3 is 0 Å². The smallest absolute Gasteiger partial charge is 0.0473 e. The SMILES string of the molecule is OC[C@@H]1CC/C=C\CC[C@@H]1Cl. The van der Waals surface area contributed by atoms with Crippen LogP contribution in [0.5, 0.6) is 0 Å². The van der Waals surface area contributed by atoms with Crippen molar-refractivity contribution in [3.63, 3.8) is 0 Å². The molecule has 2 heteroatoms. The van der Waals surface area contributed by atoms with Crippen molar-refractivity contribution < 1.29 is 5.11 Å². The maximum atomic E-state index is 8.97. The van der Waals surface area contributed by atoms with Gasteiger partial charge in [0, 0.05) is 12.0 Å². The second-order valence-electron chi connectivity index (χ2n) is 3.08. The van der Waals surface area contributed by atoms with Gasteiger partial charge in [-0.1, -0.05) is 12.2 Å². The molecule has 1 aliphatic rings. The number of halogens is 1. The molecule has 0 spiro atoms. The van der Waals surface area contributed by atoms with Crippen LogP contribution in [-0.2, 0) is 0 Å². The Bertz CT molecular complexity index is 134. The van der Waals surface area contributed by atoms with Crippen LogP contribution in [0.25, 0.3) is 0 Å². The first-order valence-corrected chi connectivity index (χ1v) is 4.68. The maximum absolute atomic E-state index is 8.97. The van der Waals surface area contributed by atoms with Gasteiger partial charge in [0.2, 0.25) is 0 Å². The van der Waals surface area contributed by atoms with Crippen LogP contribution in [0.2, 0.25) is 0 Å². The fourth-order valence-electron chi connectivity index (χ4n) is 1.42. The van der Waals surface area contributed by atoms with E-state index in [1.807, 2.05) is 0 Å². The summed E-state index contributed by atoms with van der Waals surface area (Å²) in [4.78, 5) is 0. The Morgan fingerprint density at radius 1 is 1.27 bits per heavy atom. The number of allylic oxidation sites excluding steroid dienone is 2. The van der Waals surface area contributed by atoms with Crippen LogP contribution in [0, 0.1) is 5.92 Å². The van der Waals surface area contributed by atoms with E-state index >= 15 is 0 Å². The van der Waals surface area contributed by atoms with Crippen molar-refractivity contribution >= 4 is 11.6 Å². The molecule has 0 unspecified atom stereocenters. The molecule has 0 saturated carbocycles. The highest BCUT2D eigenvalue weighted by Crippen LogP contribution is 2.23. The zero-order chi connectivity index (χ0) is 8.10. The summed E-state index contributed by atoms with van der Waals surface area (Å²) in [6, 6.07) is 0. The topological polar surface area (TPSA) is 20.2 Å². The van der Waals surface area contributed by atoms with Crippen LogP contribution in [0.15, 0.2) is 12.2 Å². The Hall–Kier alpha value is -0.0100. The molecule has 0 aliphatic heterocycles. The van der Waals surface area contributed by atoms with Crippen LogP contribution < -0.4 is 0 Å². The number of aliphatic hydroxyl groups is 1. The van der Waals surface area contributed by atoms with Crippen molar-refractivity contribution in [2.75, 3.05) is 6.61 Å². The van der Waals surface area contributed by atoms with E-state index in [1.165, 1.54) is 0 Å². The summed E-state index contributed by atoms with van der Waals surface area (Å²) in [7, 11) is 0. The van der Waals surface area contributed by atoms with E-state index in [-0.39, 0.29) is 12.0 Å². The fraction of sp³-hybridized carbons (Fsp3) is 0.778. The minimum atomic E-state index is 0.171. The van der Waals surface area contributed by atoms with E-state index in [4.69, 9.17) is 16.7 Å². The van der Waals surface area contributed by atoms with E-state index in [0.29, 0.717) is 5.92 Å². The zero-order valence-corrected chi connectivity index (χ0v) is 7.43. The molecule has 0 amide bonds. The minimum absolute atomic E-state index is 0.171. The monoisotopic (exact) mass is 174 g/mol. The number of hydrogen-bond acceptors (Lipinski definition) is 1. The van der Waals surface area contributed by atoms with E-state index in [0.717, 1.165) is 25.7 Å². The summed E-state index contributed by atoms with van der Waals surface area (Å²) >= 11 is 6.07. The molecule has 0 radical (unpaired) electrons. The average molecular weight is 175 g/mol. The molecule has 0 saturated heterocycles. The number of aliphatic hydroxyl groups excluding tert-OH is 1. The van der Waals surface area contributed by atoms with Crippen molar-refractivity contribution in [1.29, 1.82) is 0 Å². The molecule has 1 aliphatic carbocycles. The Morgan fingerprint density at radius 3 is 2.55 bits per heavy atom. The van der Waals surface area contributed by atoms with Crippen molar-refractivity contribution in [1.82, 2.24) is 0 Å². The highest BCUT2D eigenvalue weighted by atomic mass is 35.5. The van der Waals surface area contributed by atoms with Crippen molar-refractivity contribution in [2.24, 2.45) is 5.92 Å². The lowest BCUT2D eigenvalue weighted by atomic mass is 9.94. The van der Waals surface area contributed by atoms with Crippen LogP contribution in [-0.4, -0.2) is 17.1 Å². The molecule has 0 aromatic rings. The summed E-state index contributed by atoms with van der Waals surface area (Å²) in [5.74, 6) is 0.307. The molecule has 1 nitrogen and oxygen atoms in total. The molecule has 64 valence electrons. The maximum Gasteiger partial charge on any atom is 0.0473 e. The van der Waals surface area contributed by atoms with Gasteiger partial charge in [-0.25, -0.2) is 0 Å². The van der Waals surface area contributed by atoms with E-state index in [2.05, 4.69) is 12.2 Å². The van der Waals surface area contributed by atoms with Gasteiger partial charge in [-0.2, -0.15) is 0 Å². The van der Waals surface area contributed by atoms with Gasteiger partial charge in [0.1, 0.15) is 0 Å². The molecular formula is C9H15ClO. The average Bonchev–Trinajstić information content (AvgIpc) is 1.98. The fourth-order valence-corrected chi connectivity index (χ4v) is 1.76. The van der Waals surface area contributed by atoms with E-state index in [9.17, 15) is 0 Å². The van der Waals surface area contributed by atoms with Crippen LogP contribution in [0.4, 0.5) is 0 Å². The van der Waals surface area contributed by atoms with Crippen molar-refractivity contribution in [3.05, 3.63) is 12.2 Å². The van der Waals surface area contributed by atoms with E-state index < -0.39 is 0 Å². The molecule has 0 aromatic carbocycles. The van der Waals surface area contributed by atoms with Crippen LogP contribution >= 0.6 is 11.6 Å². The summed E-state index contributed by atoms with van der Waals surface area (Å²) in [6.45, 7) is 0.238. The third-order valence-corrected chi connectivity index (χ3v) is 2.80. The standard InChI is InChI=1S/C9H15ClO/c10-9-6-4-2-1-3-5-8(9)7-11/h1-2,8-9,11H,3-7H2/b2-1-/t8-,9-/m0/s1. The van der Waals surface area contributed by atoms with Gasteiger partial charge in [-0.15, -0.1) is 11.6 Å². The first-order valence-electron chi connectivity index (χ1n) is 4.24. The Morgan fingerprint density at radius 2 is 1.91 bits per heavy atom. The molecule has 1 N–H and O–H groups in total. The zero-order valence-electron chi connectivity index (χ0n) is 6.67. The lowest BCUT2D eigenvalue weighted by Gasteiger charge is -2.20. The molecule has 0 heterocycles. The van der Waals surface area contributed by atoms with Gasteiger partial charge < -0.3 is 5.11 Å². The molecule has 1 rings (SSSR count). The first kappa shape index (κ1) is 9.08. The van der Waals surface area contributed by atoms with Crippen LogP contribution in [0.1, 0.15) is 25.7 Å². The van der Waals surface area contributed by atoms with Gasteiger partial charge in [0.25, 0.3) is 0 Å². The normalized spacial score (nSPS) is 35.8. The van der Waals surface area contributed by atoms with Gasteiger partial charge in [-0.05, 0) is 31.6 Å². The minimum Gasteiger partial charge on any atom is -0.396 e. The second kappa shape index (κ2) is 4.78. The molecule has 0 bridgehead atoms. The second-order valence-corrected chi connectivity index (χ2v) is 3.65.